The Morgan fingerprint density at radius 2 is 1.75 bits per heavy atom. The minimum Gasteiger partial charge on any atom is -0.391 e. The van der Waals surface area contributed by atoms with Crippen molar-refractivity contribution in [3.63, 3.8) is 0 Å². The number of hydrogen-bond donors (Lipinski definition) is 2. The third-order valence-corrected chi connectivity index (χ3v) is 4.85. The molecule has 3 atom stereocenters. The predicted molar refractivity (Wildman–Crippen MR) is 97.9 cm³/mol. The van der Waals surface area contributed by atoms with E-state index in [1.807, 2.05) is 49.1 Å². The first-order valence-electron chi connectivity index (χ1n) is 9.32. The number of carbonyl (C=O) groups excluding carboxylic acids is 1. The van der Waals surface area contributed by atoms with Gasteiger partial charge in [0.25, 0.3) is 0 Å². The van der Waals surface area contributed by atoms with Crippen LogP contribution in [0.15, 0.2) is 30.3 Å². The first-order chi connectivity index (χ1) is 11.6. The van der Waals surface area contributed by atoms with Gasteiger partial charge in [0, 0.05) is 31.6 Å². The first kappa shape index (κ1) is 18.9. The van der Waals surface area contributed by atoms with Crippen LogP contribution < -0.4 is 5.32 Å². The normalized spacial score (nSPS) is 19.4. The van der Waals surface area contributed by atoms with Crippen LogP contribution in [-0.2, 0) is 11.2 Å². The van der Waals surface area contributed by atoms with E-state index in [1.54, 1.807) is 0 Å². The summed E-state index contributed by atoms with van der Waals surface area (Å²) < 4.78 is 0. The number of benzene rings is 1. The van der Waals surface area contributed by atoms with E-state index in [0.29, 0.717) is 12.8 Å². The third-order valence-electron chi connectivity index (χ3n) is 4.85. The van der Waals surface area contributed by atoms with E-state index in [-0.39, 0.29) is 18.0 Å². The standard InChI is InChI=1S/C20H32N2O2/c1-16(14-20(24)22-12-8-3-4-9-13-22)21-17(2)19(23)15-18-10-6-5-7-11-18/h5-7,10-11,16-17,19,21,23H,3-4,8-9,12-15H2,1-2H3. The molecule has 2 N–H and O–H groups in total. The van der Waals surface area contributed by atoms with Gasteiger partial charge in [-0.15, -0.1) is 0 Å². The summed E-state index contributed by atoms with van der Waals surface area (Å²) in [4.78, 5) is 14.4. The van der Waals surface area contributed by atoms with Gasteiger partial charge < -0.3 is 15.3 Å². The molecule has 1 heterocycles. The zero-order chi connectivity index (χ0) is 17.4. The molecule has 0 aliphatic carbocycles. The van der Waals surface area contributed by atoms with E-state index in [1.165, 1.54) is 12.8 Å². The van der Waals surface area contributed by atoms with Crippen LogP contribution in [0.4, 0.5) is 0 Å². The molecule has 0 bridgehead atoms. The number of aliphatic hydroxyl groups is 1. The summed E-state index contributed by atoms with van der Waals surface area (Å²) in [6.07, 6.45) is 5.40. The topological polar surface area (TPSA) is 52.6 Å². The Kier molecular flexibility index (Phi) is 7.73. The second-order valence-electron chi connectivity index (χ2n) is 7.11. The van der Waals surface area contributed by atoms with Crippen LogP contribution in [0.2, 0.25) is 0 Å². The van der Waals surface area contributed by atoms with Gasteiger partial charge in [0.15, 0.2) is 0 Å². The molecule has 1 aliphatic heterocycles. The van der Waals surface area contributed by atoms with Crippen LogP contribution in [0, 0.1) is 0 Å². The summed E-state index contributed by atoms with van der Waals surface area (Å²) in [5.74, 6) is 0.238. The Balaban J connectivity index is 1.75. The van der Waals surface area contributed by atoms with Crippen molar-refractivity contribution in [2.75, 3.05) is 13.1 Å². The van der Waals surface area contributed by atoms with E-state index in [0.717, 1.165) is 31.5 Å². The fourth-order valence-electron chi connectivity index (χ4n) is 3.36. The number of amides is 1. The highest BCUT2D eigenvalue weighted by Gasteiger charge is 2.21. The summed E-state index contributed by atoms with van der Waals surface area (Å²) in [5, 5.41) is 13.8. The van der Waals surface area contributed by atoms with Gasteiger partial charge in [0.05, 0.1) is 6.10 Å². The molecule has 0 spiro atoms. The van der Waals surface area contributed by atoms with Crippen LogP contribution >= 0.6 is 0 Å². The quantitative estimate of drug-likeness (QED) is 0.807. The average Bonchev–Trinajstić information content (AvgIpc) is 2.85. The molecular formula is C20H32N2O2. The molecule has 4 nitrogen and oxygen atoms in total. The van der Waals surface area contributed by atoms with Gasteiger partial charge in [-0.3, -0.25) is 4.79 Å². The number of carbonyl (C=O) groups is 1. The lowest BCUT2D eigenvalue weighted by atomic mass is 10.0. The second-order valence-corrected chi connectivity index (χ2v) is 7.11. The number of likely N-dealkylation sites (tertiary alicyclic amines) is 1. The van der Waals surface area contributed by atoms with Gasteiger partial charge in [-0.05, 0) is 38.7 Å². The van der Waals surface area contributed by atoms with Crippen molar-refractivity contribution in [3.05, 3.63) is 35.9 Å². The van der Waals surface area contributed by atoms with E-state index in [4.69, 9.17) is 0 Å². The highest BCUT2D eigenvalue weighted by Crippen LogP contribution is 2.12. The second kappa shape index (κ2) is 9.80. The Morgan fingerprint density at radius 3 is 2.38 bits per heavy atom. The summed E-state index contributed by atoms with van der Waals surface area (Å²) in [6, 6.07) is 10.0. The molecule has 24 heavy (non-hydrogen) atoms. The van der Waals surface area contributed by atoms with Crippen LogP contribution in [0.5, 0.6) is 0 Å². The number of nitrogens with zero attached hydrogens (tertiary/aromatic N) is 1. The predicted octanol–water partition coefficient (Wildman–Crippen LogP) is 2.75. The molecule has 0 aromatic heterocycles. The van der Waals surface area contributed by atoms with Crippen molar-refractivity contribution in [1.82, 2.24) is 10.2 Å². The van der Waals surface area contributed by atoms with Gasteiger partial charge in [-0.1, -0.05) is 43.2 Å². The number of rotatable bonds is 7. The molecule has 1 aromatic carbocycles. The summed E-state index contributed by atoms with van der Waals surface area (Å²) in [5.41, 5.74) is 1.13. The Labute approximate surface area is 146 Å². The van der Waals surface area contributed by atoms with Crippen molar-refractivity contribution in [2.45, 2.75) is 70.6 Å². The van der Waals surface area contributed by atoms with Gasteiger partial charge in [0.2, 0.25) is 5.91 Å². The fourth-order valence-corrected chi connectivity index (χ4v) is 3.36. The van der Waals surface area contributed by atoms with Crippen molar-refractivity contribution in [1.29, 1.82) is 0 Å². The molecule has 1 aromatic rings. The lowest BCUT2D eigenvalue weighted by molar-refractivity contribution is -0.131. The van der Waals surface area contributed by atoms with Gasteiger partial charge >= 0.3 is 0 Å². The average molecular weight is 332 g/mol. The highest BCUT2D eigenvalue weighted by atomic mass is 16.3. The van der Waals surface area contributed by atoms with Crippen molar-refractivity contribution in [3.8, 4) is 0 Å². The van der Waals surface area contributed by atoms with E-state index >= 15 is 0 Å². The van der Waals surface area contributed by atoms with E-state index in [2.05, 4.69) is 5.32 Å². The molecule has 1 fully saturated rings. The van der Waals surface area contributed by atoms with Gasteiger partial charge in [-0.25, -0.2) is 0 Å². The Hall–Kier alpha value is -1.39. The molecule has 3 unspecified atom stereocenters. The zero-order valence-corrected chi connectivity index (χ0v) is 15.1. The molecule has 4 heteroatoms. The highest BCUT2D eigenvalue weighted by molar-refractivity contribution is 5.76. The van der Waals surface area contributed by atoms with Crippen LogP contribution in [-0.4, -0.2) is 47.2 Å². The Morgan fingerprint density at radius 1 is 1.12 bits per heavy atom. The van der Waals surface area contributed by atoms with Crippen molar-refractivity contribution >= 4 is 5.91 Å². The molecular weight excluding hydrogens is 300 g/mol. The molecule has 2 rings (SSSR count). The minimum absolute atomic E-state index is 0.0443. The van der Waals surface area contributed by atoms with Crippen LogP contribution in [0.25, 0.3) is 0 Å². The summed E-state index contributed by atoms with van der Waals surface area (Å²) in [6.45, 7) is 5.82. The van der Waals surface area contributed by atoms with Crippen molar-refractivity contribution in [2.24, 2.45) is 0 Å². The lowest BCUT2D eigenvalue weighted by Gasteiger charge is -2.27. The molecule has 1 saturated heterocycles. The number of nitrogens with one attached hydrogen (secondary N) is 1. The third kappa shape index (κ3) is 6.25. The molecule has 134 valence electrons. The first-order valence-corrected chi connectivity index (χ1v) is 9.32. The minimum atomic E-state index is -0.455. The zero-order valence-electron chi connectivity index (χ0n) is 15.1. The summed E-state index contributed by atoms with van der Waals surface area (Å²) >= 11 is 0. The van der Waals surface area contributed by atoms with E-state index in [9.17, 15) is 9.90 Å². The molecule has 0 radical (unpaired) electrons. The van der Waals surface area contributed by atoms with Crippen LogP contribution in [0.1, 0.15) is 51.5 Å². The van der Waals surface area contributed by atoms with Gasteiger partial charge in [-0.2, -0.15) is 0 Å². The van der Waals surface area contributed by atoms with Gasteiger partial charge in [0.1, 0.15) is 0 Å². The maximum absolute atomic E-state index is 12.4. The van der Waals surface area contributed by atoms with Crippen molar-refractivity contribution < 1.29 is 9.90 Å². The molecule has 1 aliphatic rings. The smallest absolute Gasteiger partial charge is 0.224 e. The van der Waals surface area contributed by atoms with Crippen LogP contribution in [0.3, 0.4) is 0 Å². The number of hydrogen-bond acceptors (Lipinski definition) is 3. The fraction of sp³-hybridized carbons (Fsp3) is 0.650. The van der Waals surface area contributed by atoms with E-state index < -0.39 is 6.10 Å². The molecule has 0 saturated carbocycles. The molecule has 1 amide bonds. The Bertz CT molecular complexity index is 484. The maximum atomic E-state index is 12.4. The number of aliphatic hydroxyl groups excluding tert-OH is 1. The maximum Gasteiger partial charge on any atom is 0.224 e. The SMILES string of the molecule is CC(CC(=O)N1CCCCCC1)NC(C)C(O)Cc1ccccc1. The summed E-state index contributed by atoms with van der Waals surface area (Å²) in [7, 11) is 0. The largest absolute Gasteiger partial charge is 0.391 e. The lowest BCUT2D eigenvalue weighted by Crippen LogP contribution is -2.45. The monoisotopic (exact) mass is 332 g/mol.